The molecular formula is C28H42N4O6S. The highest BCUT2D eigenvalue weighted by Crippen LogP contribution is 2.27. The first kappa shape index (κ1) is 30.9. The highest BCUT2D eigenvalue weighted by molar-refractivity contribution is 7.98. The normalized spacial score (nSPS) is 21.0. The summed E-state index contributed by atoms with van der Waals surface area (Å²) in [5.74, 6) is -2.16. The minimum atomic E-state index is -0.775. The Morgan fingerprint density at radius 1 is 1.15 bits per heavy atom. The van der Waals surface area contributed by atoms with E-state index >= 15 is 0 Å². The van der Waals surface area contributed by atoms with E-state index in [2.05, 4.69) is 16.2 Å². The predicted octanol–water partition coefficient (Wildman–Crippen LogP) is 3.57. The van der Waals surface area contributed by atoms with Gasteiger partial charge in [-0.15, -0.1) is 0 Å². The van der Waals surface area contributed by atoms with Crippen LogP contribution in [-0.2, 0) is 30.4 Å². The van der Waals surface area contributed by atoms with E-state index < -0.39 is 47.9 Å². The molecule has 3 N–H and O–H groups in total. The topological polar surface area (TPSA) is 126 Å². The van der Waals surface area contributed by atoms with Crippen molar-refractivity contribution < 1.29 is 28.8 Å². The number of ether oxygens (including phenoxy) is 1. The number of hydrazine groups is 1. The smallest absolute Gasteiger partial charge is 0.344 e. The summed E-state index contributed by atoms with van der Waals surface area (Å²) in [6.07, 6.45) is 6.69. The van der Waals surface area contributed by atoms with Crippen molar-refractivity contribution in [2.45, 2.75) is 77.5 Å². The van der Waals surface area contributed by atoms with Crippen LogP contribution in [0, 0.1) is 17.8 Å². The molecule has 11 heteroatoms. The molecule has 1 aromatic rings. The average molecular weight is 563 g/mol. The van der Waals surface area contributed by atoms with Gasteiger partial charge >= 0.3 is 6.03 Å². The maximum absolute atomic E-state index is 13.6. The number of carbonyl (C=O) groups excluding carboxylic acids is 4. The van der Waals surface area contributed by atoms with E-state index in [-0.39, 0.29) is 5.92 Å². The third-order valence-corrected chi connectivity index (χ3v) is 7.63. The fourth-order valence-corrected chi connectivity index (χ4v) is 5.38. The van der Waals surface area contributed by atoms with E-state index in [1.807, 2.05) is 50.4 Å². The molecule has 0 aromatic heterocycles. The SMILES string of the molecule is CSCC[C@@H]1NC(=O)N(NC(=O)C(CC(C)C)[C@H](CCCc2ccccc2)C(=O)NOC2CCCCO2)C1=O. The van der Waals surface area contributed by atoms with E-state index in [0.29, 0.717) is 44.5 Å². The number of hydroxylamine groups is 1. The van der Waals surface area contributed by atoms with Gasteiger partial charge in [0.25, 0.3) is 5.91 Å². The molecule has 0 radical (unpaired) electrons. The van der Waals surface area contributed by atoms with E-state index in [9.17, 15) is 19.2 Å². The summed E-state index contributed by atoms with van der Waals surface area (Å²) >= 11 is 1.57. The standard InChI is InChI=1S/C28H42N4O6S/c1-19(2)18-22(25(33)30-32-27(35)23(15-17-39-3)29-28(32)36)21(13-9-12-20-10-5-4-6-11-20)26(34)31-38-24-14-7-8-16-37-24/h4-6,10-11,19,21-24H,7-9,12-18H2,1-3H3,(H,29,36)(H,30,33)(H,31,34)/t21-,22?,23-,24?/m0/s1. The second-order valence-electron chi connectivity index (χ2n) is 10.5. The minimum absolute atomic E-state index is 0.0882. The predicted molar refractivity (Wildman–Crippen MR) is 149 cm³/mol. The van der Waals surface area contributed by atoms with Crippen LogP contribution in [0.3, 0.4) is 0 Å². The number of aryl methyl sites for hydroxylation is 1. The van der Waals surface area contributed by atoms with E-state index in [4.69, 9.17) is 9.57 Å². The Bertz CT molecular complexity index is 957. The summed E-state index contributed by atoms with van der Waals surface area (Å²) in [7, 11) is 0. The zero-order chi connectivity index (χ0) is 28.2. The molecule has 1 aromatic carbocycles. The molecule has 4 atom stereocenters. The Kier molecular flexibility index (Phi) is 12.5. The zero-order valence-corrected chi connectivity index (χ0v) is 24.0. The lowest BCUT2D eigenvalue weighted by Gasteiger charge is -2.29. The maximum atomic E-state index is 13.6. The molecule has 2 aliphatic rings. The van der Waals surface area contributed by atoms with Crippen molar-refractivity contribution >= 4 is 35.5 Å². The minimum Gasteiger partial charge on any atom is -0.350 e. The number of imide groups is 1. The molecule has 0 aliphatic carbocycles. The number of thioether (sulfide) groups is 1. The van der Waals surface area contributed by atoms with Gasteiger partial charge in [-0.3, -0.25) is 19.8 Å². The van der Waals surface area contributed by atoms with Crippen molar-refractivity contribution in [1.29, 1.82) is 0 Å². The first-order valence-corrected chi connectivity index (χ1v) is 15.2. The number of benzene rings is 1. The van der Waals surface area contributed by atoms with Crippen molar-refractivity contribution in [2.75, 3.05) is 18.6 Å². The Morgan fingerprint density at radius 3 is 2.59 bits per heavy atom. The summed E-state index contributed by atoms with van der Waals surface area (Å²) in [5.41, 5.74) is 6.21. The molecule has 39 heavy (non-hydrogen) atoms. The van der Waals surface area contributed by atoms with Gasteiger partial charge in [-0.25, -0.2) is 15.1 Å². The number of urea groups is 1. The van der Waals surface area contributed by atoms with Gasteiger partial charge < -0.3 is 10.1 Å². The second-order valence-corrected chi connectivity index (χ2v) is 11.5. The highest BCUT2D eigenvalue weighted by atomic mass is 32.2. The summed E-state index contributed by atoms with van der Waals surface area (Å²) in [6, 6.07) is 8.61. The molecule has 2 heterocycles. The summed E-state index contributed by atoms with van der Waals surface area (Å²) < 4.78 is 5.56. The van der Waals surface area contributed by atoms with Crippen molar-refractivity contribution in [3.63, 3.8) is 0 Å². The summed E-state index contributed by atoms with van der Waals surface area (Å²) in [6.45, 7) is 4.51. The third kappa shape index (κ3) is 9.51. The van der Waals surface area contributed by atoms with Crippen LogP contribution in [0.15, 0.2) is 30.3 Å². The maximum Gasteiger partial charge on any atom is 0.344 e. The highest BCUT2D eigenvalue weighted by Gasteiger charge is 2.42. The van der Waals surface area contributed by atoms with Gasteiger partial charge in [0.1, 0.15) is 6.04 Å². The number of hydrogen-bond donors (Lipinski definition) is 3. The second kappa shape index (κ2) is 15.8. The number of hydrogen-bond acceptors (Lipinski definition) is 7. The van der Waals surface area contributed by atoms with Crippen LogP contribution in [0.5, 0.6) is 0 Å². The number of nitrogens with one attached hydrogen (secondary N) is 3. The third-order valence-electron chi connectivity index (χ3n) is 6.99. The first-order chi connectivity index (χ1) is 18.8. The molecule has 0 bridgehead atoms. The van der Waals surface area contributed by atoms with Crippen molar-refractivity contribution in [3.05, 3.63) is 35.9 Å². The molecule has 2 aliphatic heterocycles. The number of rotatable bonds is 15. The number of nitrogens with zero attached hydrogens (tertiary/aromatic N) is 1. The van der Waals surface area contributed by atoms with Gasteiger partial charge in [0.2, 0.25) is 11.8 Å². The zero-order valence-electron chi connectivity index (χ0n) is 23.1. The number of amides is 5. The van der Waals surface area contributed by atoms with Gasteiger partial charge in [-0.1, -0.05) is 44.2 Å². The Labute approximate surface area is 235 Å². The van der Waals surface area contributed by atoms with Crippen LogP contribution < -0.4 is 16.2 Å². The lowest BCUT2D eigenvalue weighted by molar-refractivity contribution is -0.203. The average Bonchev–Trinajstić information content (AvgIpc) is 3.20. The molecule has 2 unspecified atom stereocenters. The molecule has 10 nitrogen and oxygen atoms in total. The van der Waals surface area contributed by atoms with Crippen molar-refractivity contribution in [1.82, 2.24) is 21.2 Å². The van der Waals surface area contributed by atoms with Crippen LogP contribution in [0.4, 0.5) is 4.79 Å². The summed E-state index contributed by atoms with van der Waals surface area (Å²) in [5, 5.41) is 3.39. The Morgan fingerprint density at radius 2 is 1.92 bits per heavy atom. The Balaban J connectivity index is 1.73. The Hall–Kier alpha value is -2.63. The van der Waals surface area contributed by atoms with Gasteiger partial charge in [0.05, 0.1) is 11.8 Å². The van der Waals surface area contributed by atoms with Crippen LogP contribution >= 0.6 is 11.8 Å². The molecule has 0 spiro atoms. The lowest BCUT2D eigenvalue weighted by atomic mass is 9.81. The van der Waals surface area contributed by atoms with Gasteiger partial charge in [-0.05, 0) is 68.4 Å². The molecule has 2 saturated heterocycles. The molecule has 0 saturated carbocycles. The quantitative estimate of drug-likeness (QED) is 0.220. The van der Waals surface area contributed by atoms with E-state index in [1.54, 1.807) is 11.8 Å². The van der Waals surface area contributed by atoms with Gasteiger partial charge in [0.15, 0.2) is 6.29 Å². The lowest BCUT2D eigenvalue weighted by Crippen LogP contribution is -2.52. The molecule has 5 amide bonds. The van der Waals surface area contributed by atoms with Crippen LogP contribution in [0.25, 0.3) is 0 Å². The monoisotopic (exact) mass is 562 g/mol. The molecule has 216 valence electrons. The first-order valence-electron chi connectivity index (χ1n) is 13.8. The van der Waals surface area contributed by atoms with Gasteiger partial charge in [0, 0.05) is 13.0 Å². The number of carbonyl (C=O) groups is 4. The summed E-state index contributed by atoms with van der Waals surface area (Å²) in [4.78, 5) is 57.9. The van der Waals surface area contributed by atoms with Crippen molar-refractivity contribution in [2.24, 2.45) is 17.8 Å². The van der Waals surface area contributed by atoms with Crippen LogP contribution in [0.1, 0.15) is 64.4 Å². The van der Waals surface area contributed by atoms with Gasteiger partial charge in [-0.2, -0.15) is 16.8 Å². The largest absolute Gasteiger partial charge is 0.350 e. The molecular weight excluding hydrogens is 520 g/mol. The molecule has 3 rings (SSSR count). The fraction of sp³-hybridized carbons (Fsp3) is 0.643. The van der Waals surface area contributed by atoms with Crippen LogP contribution in [-0.4, -0.2) is 59.7 Å². The van der Waals surface area contributed by atoms with Crippen molar-refractivity contribution in [3.8, 4) is 0 Å². The van der Waals surface area contributed by atoms with Crippen LogP contribution in [0.2, 0.25) is 0 Å². The van der Waals surface area contributed by atoms with E-state index in [0.717, 1.165) is 29.8 Å². The fourth-order valence-electron chi connectivity index (χ4n) is 4.91. The molecule has 2 fully saturated rings. The van der Waals surface area contributed by atoms with E-state index in [1.165, 1.54) is 0 Å².